The van der Waals surface area contributed by atoms with E-state index in [1.54, 1.807) is 0 Å². The first-order chi connectivity index (χ1) is 9.15. The Morgan fingerprint density at radius 2 is 2.05 bits per heavy atom. The van der Waals surface area contributed by atoms with Gasteiger partial charge in [0.15, 0.2) is 0 Å². The van der Waals surface area contributed by atoms with Gasteiger partial charge < -0.3 is 14.8 Å². The molecule has 102 valence electrons. The van der Waals surface area contributed by atoms with Crippen molar-refractivity contribution >= 4 is 18.0 Å². The molecule has 0 saturated heterocycles. The number of carbonyl (C=O) groups is 2. The zero-order chi connectivity index (χ0) is 14.1. The molecule has 7 heteroatoms. The molecule has 0 spiro atoms. The first-order valence-electron chi connectivity index (χ1n) is 5.63. The van der Waals surface area contributed by atoms with Crippen molar-refractivity contribution in [2.75, 3.05) is 20.3 Å². The van der Waals surface area contributed by atoms with E-state index in [1.807, 2.05) is 6.92 Å². The molecule has 0 fully saturated rings. The van der Waals surface area contributed by atoms with Crippen LogP contribution in [0.1, 0.15) is 12.5 Å². The summed E-state index contributed by atoms with van der Waals surface area (Å²) >= 11 is 0. The van der Waals surface area contributed by atoms with Gasteiger partial charge in [0.25, 0.3) is 0 Å². The normalized spacial score (nSPS) is 10.2. The molecular formula is C12H15N3O4. The number of esters is 1. The van der Waals surface area contributed by atoms with E-state index in [9.17, 15) is 9.59 Å². The Balaban J connectivity index is 2.47. The molecule has 7 nitrogen and oxygen atoms in total. The minimum absolute atomic E-state index is 0.167. The number of nitrogens with one attached hydrogen (secondary N) is 1. The first-order valence-corrected chi connectivity index (χ1v) is 5.63. The van der Waals surface area contributed by atoms with Crippen molar-refractivity contribution in [3.63, 3.8) is 0 Å². The van der Waals surface area contributed by atoms with E-state index < -0.39 is 11.9 Å². The number of methoxy groups -OCH3 is 1. The molecule has 1 aromatic heterocycles. The van der Waals surface area contributed by atoms with Gasteiger partial charge in [0.2, 0.25) is 5.91 Å². The number of nitrogens with zero attached hydrogens (tertiary/aromatic N) is 2. The average molecular weight is 265 g/mol. The summed E-state index contributed by atoms with van der Waals surface area (Å²) in [5, 5.41) is 2.37. The monoisotopic (exact) mass is 265 g/mol. The molecule has 1 rings (SSSR count). The Bertz CT molecular complexity index is 457. The van der Waals surface area contributed by atoms with E-state index in [2.05, 4.69) is 20.0 Å². The third kappa shape index (κ3) is 5.62. The van der Waals surface area contributed by atoms with E-state index in [0.29, 0.717) is 12.2 Å². The second-order valence-corrected chi connectivity index (χ2v) is 3.36. The molecule has 0 atom stereocenters. The van der Waals surface area contributed by atoms with Gasteiger partial charge in [0, 0.05) is 24.0 Å². The molecule has 0 aliphatic heterocycles. The SMILES string of the molecule is CCOc1ncc(/C=C/C(=O)NCC(=O)OC)cn1. The summed E-state index contributed by atoms with van der Waals surface area (Å²) in [5.74, 6) is -0.912. The standard InChI is InChI=1S/C12H15N3O4/c1-3-19-12-14-6-9(7-15-12)4-5-10(16)13-8-11(17)18-2/h4-7H,3,8H2,1-2H3,(H,13,16)/b5-4+. The predicted octanol–water partition coefficient (Wildman–Crippen LogP) is 0.178. The van der Waals surface area contributed by atoms with Gasteiger partial charge in [-0.15, -0.1) is 0 Å². The highest BCUT2D eigenvalue weighted by atomic mass is 16.5. The van der Waals surface area contributed by atoms with Crippen LogP contribution in [0.2, 0.25) is 0 Å². The number of hydrogen-bond acceptors (Lipinski definition) is 6. The Kier molecular flexibility index (Phi) is 6.00. The summed E-state index contributed by atoms with van der Waals surface area (Å²) in [4.78, 5) is 30.0. The van der Waals surface area contributed by atoms with Gasteiger partial charge in [-0.05, 0) is 13.0 Å². The third-order valence-corrected chi connectivity index (χ3v) is 1.98. The number of carbonyl (C=O) groups excluding carboxylic acids is 2. The van der Waals surface area contributed by atoms with Gasteiger partial charge in [-0.1, -0.05) is 0 Å². The zero-order valence-corrected chi connectivity index (χ0v) is 10.8. The van der Waals surface area contributed by atoms with Crippen molar-refractivity contribution in [1.29, 1.82) is 0 Å². The van der Waals surface area contributed by atoms with Crippen LogP contribution in [-0.4, -0.2) is 42.1 Å². The lowest BCUT2D eigenvalue weighted by atomic mass is 10.3. The molecule has 0 bridgehead atoms. The Hall–Kier alpha value is -2.44. The summed E-state index contributed by atoms with van der Waals surface area (Å²) in [6.45, 7) is 2.16. The minimum atomic E-state index is -0.508. The zero-order valence-electron chi connectivity index (χ0n) is 10.8. The van der Waals surface area contributed by atoms with Crippen LogP contribution in [0.5, 0.6) is 6.01 Å². The fourth-order valence-corrected chi connectivity index (χ4v) is 1.08. The number of ether oxygens (including phenoxy) is 2. The van der Waals surface area contributed by atoms with Crippen molar-refractivity contribution in [3.05, 3.63) is 24.0 Å². The van der Waals surface area contributed by atoms with Crippen LogP contribution in [0.4, 0.5) is 0 Å². The van der Waals surface area contributed by atoms with Crippen molar-refractivity contribution in [3.8, 4) is 6.01 Å². The lowest BCUT2D eigenvalue weighted by molar-refractivity contribution is -0.140. The summed E-state index contributed by atoms with van der Waals surface area (Å²) in [7, 11) is 1.25. The quantitative estimate of drug-likeness (QED) is 0.582. The van der Waals surface area contributed by atoms with Crippen LogP contribution in [0, 0.1) is 0 Å². The number of amides is 1. The number of hydrogen-bond donors (Lipinski definition) is 1. The first kappa shape index (κ1) is 14.6. The molecule has 1 amide bonds. The maximum atomic E-state index is 11.3. The van der Waals surface area contributed by atoms with Gasteiger partial charge in [0.1, 0.15) is 6.54 Å². The van der Waals surface area contributed by atoms with E-state index in [4.69, 9.17) is 4.74 Å². The average Bonchev–Trinajstić information content (AvgIpc) is 2.44. The highest BCUT2D eigenvalue weighted by molar-refractivity contribution is 5.93. The van der Waals surface area contributed by atoms with E-state index in [0.717, 1.165) is 0 Å². The van der Waals surface area contributed by atoms with Crippen LogP contribution < -0.4 is 10.1 Å². The van der Waals surface area contributed by atoms with Crippen molar-refractivity contribution in [1.82, 2.24) is 15.3 Å². The molecule has 0 aliphatic carbocycles. The summed E-state index contributed by atoms with van der Waals surface area (Å²) < 4.78 is 9.47. The van der Waals surface area contributed by atoms with Gasteiger partial charge >= 0.3 is 12.0 Å². The third-order valence-electron chi connectivity index (χ3n) is 1.98. The second-order valence-electron chi connectivity index (χ2n) is 3.36. The molecule has 1 N–H and O–H groups in total. The van der Waals surface area contributed by atoms with Crippen LogP contribution in [0.25, 0.3) is 6.08 Å². The molecule has 0 aromatic carbocycles. The molecule has 0 saturated carbocycles. The molecule has 0 unspecified atom stereocenters. The molecule has 1 heterocycles. The lowest BCUT2D eigenvalue weighted by Crippen LogP contribution is -2.28. The molecule has 0 aliphatic rings. The van der Waals surface area contributed by atoms with Gasteiger partial charge in [-0.3, -0.25) is 9.59 Å². The minimum Gasteiger partial charge on any atom is -0.468 e. The molecule has 1 aromatic rings. The van der Waals surface area contributed by atoms with Crippen molar-refractivity contribution in [2.24, 2.45) is 0 Å². The Morgan fingerprint density at radius 3 is 2.63 bits per heavy atom. The molecule has 19 heavy (non-hydrogen) atoms. The van der Waals surface area contributed by atoms with E-state index in [-0.39, 0.29) is 12.6 Å². The Morgan fingerprint density at radius 1 is 1.37 bits per heavy atom. The smallest absolute Gasteiger partial charge is 0.325 e. The topological polar surface area (TPSA) is 90.4 Å². The Labute approximate surface area is 110 Å². The fraction of sp³-hybridized carbons (Fsp3) is 0.333. The molecule has 0 radical (unpaired) electrons. The van der Waals surface area contributed by atoms with Crippen LogP contribution in [-0.2, 0) is 14.3 Å². The highest BCUT2D eigenvalue weighted by Gasteiger charge is 2.01. The van der Waals surface area contributed by atoms with Crippen LogP contribution >= 0.6 is 0 Å². The number of rotatable bonds is 6. The van der Waals surface area contributed by atoms with Crippen LogP contribution in [0.15, 0.2) is 18.5 Å². The number of aromatic nitrogens is 2. The summed E-state index contributed by atoms with van der Waals surface area (Å²) in [6, 6.07) is 0.287. The van der Waals surface area contributed by atoms with E-state index in [1.165, 1.54) is 31.7 Å². The van der Waals surface area contributed by atoms with Gasteiger partial charge in [0.05, 0.1) is 13.7 Å². The fourth-order valence-electron chi connectivity index (χ4n) is 1.08. The summed E-state index contributed by atoms with van der Waals surface area (Å²) in [5.41, 5.74) is 0.650. The van der Waals surface area contributed by atoms with Crippen molar-refractivity contribution in [2.45, 2.75) is 6.92 Å². The van der Waals surface area contributed by atoms with E-state index >= 15 is 0 Å². The second kappa shape index (κ2) is 7.80. The van der Waals surface area contributed by atoms with Crippen LogP contribution in [0.3, 0.4) is 0 Å². The lowest BCUT2D eigenvalue weighted by Gasteiger charge is -2.00. The summed E-state index contributed by atoms with van der Waals surface area (Å²) in [6.07, 6.45) is 5.87. The molecular weight excluding hydrogens is 250 g/mol. The maximum absolute atomic E-state index is 11.3. The van der Waals surface area contributed by atoms with Gasteiger partial charge in [-0.2, -0.15) is 0 Å². The van der Waals surface area contributed by atoms with Gasteiger partial charge in [-0.25, -0.2) is 9.97 Å². The van der Waals surface area contributed by atoms with Crippen molar-refractivity contribution < 1.29 is 19.1 Å². The largest absolute Gasteiger partial charge is 0.468 e. The highest BCUT2D eigenvalue weighted by Crippen LogP contribution is 2.03. The predicted molar refractivity (Wildman–Crippen MR) is 67.3 cm³/mol. The maximum Gasteiger partial charge on any atom is 0.325 e.